The average Bonchev–Trinajstić information content (AvgIpc) is 2.80. The number of ether oxygens (including phenoxy) is 1. The first kappa shape index (κ1) is 14.3. The molecule has 102 valence electrons. The van der Waals surface area contributed by atoms with Gasteiger partial charge in [-0.3, -0.25) is 0 Å². The van der Waals surface area contributed by atoms with Crippen LogP contribution in [-0.2, 0) is 6.61 Å². The molecule has 1 nitrogen and oxygen atoms in total. The summed E-state index contributed by atoms with van der Waals surface area (Å²) in [7, 11) is 0. The van der Waals surface area contributed by atoms with Crippen LogP contribution in [0.3, 0.4) is 0 Å². The molecule has 2 aromatic rings. The minimum atomic E-state index is -2.21. The zero-order valence-corrected chi connectivity index (χ0v) is 11.3. The summed E-state index contributed by atoms with van der Waals surface area (Å²) in [6.07, 6.45) is 0. The molecule has 0 saturated carbocycles. The van der Waals surface area contributed by atoms with Crippen LogP contribution in [0.15, 0.2) is 15.9 Å². The standard InChI is InChI=1S/C11H4BrF5OS/c12-5-2-1-4(19-5)3-18-11-9(16)7(14)6(13)8(15)10(11)17/h1-2H,3H2. The summed E-state index contributed by atoms with van der Waals surface area (Å²) in [6, 6.07) is 3.27. The number of benzene rings is 1. The molecule has 0 bridgehead atoms. The molecular weight excluding hydrogens is 355 g/mol. The molecule has 0 aliphatic heterocycles. The van der Waals surface area contributed by atoms with E-state index in [1.54, 1.807) is 12.1 Å². The van der Waals surface area contributed by atoms with Crippen molar-refractivity contribution in [2.75, 3.05) is 0 Å². The summed E-state index contributed by atoms with van der Waals surface area (Å²) in [5, 5.41) is 0. The summed E-state index contributed by atoms with van der Waals surface area (Å²) >= 11 is 4.38. The molecule has 19 heavy (non-hydrogen) atoms. The Bertz CT molecular complexity index is 599. The highest BCUT2D eigenvalue weighted by Gasteiger charge is 2.27. The number of thiophene rings is 1. The largest absolute Gasteiger partial charge is 0.482 e. The van der Waals surface area contributed by atoms with Crippen molar-refractivity contribution >= 4 is 27.3 Å². The highest BCUT2D eigenvalue weighted by Crippen LogP contribution is 2.30. The van der Waals surface area contributed by atoms with Crippen molar-refractivity contribution < 1.29 is 26.7 Å². The number of halogens is 6. The molecule has 0 spiro atoms. The summed E-state index contributed by atoms with van der Waals surface area (Å²) < 4.78 is 70.5. The molecule has 0 amide bonds. The van der Waals surface area contributed by atoms with Crippen LogP contribution in [0, 0.1) is 29.1 Å². The van der Waals surface area contributed by atoms with E-state index in [0.29, 0.717) is 4.88 Å². The van der Waals surface area contributed by atoms with Gasteiger partial charge in [0.1, 0.15) is 6.61 Å². The molecule has 0 aliphatic rings. The molecule has 1 aromatic carbocycles. The summed E-state index contributed by atoms with van der Waals surface area (Å²) in [5.41, 5.74) is 0. The summed E-state index contributed by atoms with van der Waals surface area (Å²) in [6.45, 7) is -0.297. The Morgan fingerprint density at radius 2 is 1.42 bits per heavy atom. The van der Waals surface area contributed by atoms with Crippen molar-refractivity contribution in [1.29, 1.82) is 0 Å². The lowest BCUT2D eigenvalue weighted by molar-refractivity contribution is 0.255. The molecule has 0 saturated heterocycles. The van der Waals surface area contributed by atoms with E-state index in [1.165, 1.54) is 11.3 Å². The maximum absolute atomic E-state index is 13.3. The zero-order valence-electron chi connectivity index (χ0n) is 8.95. The monoisotopic (exact) mass is 358 g/mol. The normalized spacial score (nSPS) is 10.8. The van der Waals surface area contributed by atoms with Crippen LogP contribution >= 0.6 is 27.3 Å². The Morgan fingerprint density at radius 3 is 1.89 bits per heavy atom. The maximum Gasteiger partial charge on any atom is 0.207 e. The first-order valence-corrected chi connectivity index (χ1v) is 6.41. The van der Waals surface area contributed by atoms with Crippen LogP contribution in [0.5, 0.6) is 5.75 Å². The van der Waals surface area contributed by atoms with Crippen LogP contribution in [0.25, 0.3) is 0 Å². The minimum absolute atomic E-state index is 0.297. The second-order valence-electron chi connectivity index (χ2n) is 3.39. The second-order valence-corrected chi connectivity index (χ2v) is 5.94. The van der Waals surface area contributed by atoms with Crippen LogP contribution in [0.1, 0.15) is 4.88 Å². The Kier molecular flexibility index (Phi) is 4.10. The fourth-order valence-electron chi connectivity index (χ4n) is 1.28. The van der Waals surface area contributed by atoms with Gasteiger partial charge in [-0.25, -0.2) is 13.2 Å². The van der Waals surface area contributed by atoms with Gasteiger partial charge in [0.05, 0.1) is 3.79 Å². The van der Waals surface area contributed by atoms with Crippen LogP contribution in [0.4, 0.5) is 22.0 Å². The van der Waals surface area contributed by atoms with Gasteiger partial charge in [-0.2, -0.15) is 8.78 Å². The lowest BCUT2D eigenvalue weighted by Gasteiger charge is -2.09. The number of hydrogen-bond donors (Lipinski definition) is 0. The molecule has 1 aromatic heterocycles. The van der Waals surface area contributed by atoms with E-state index in [9.17, 15) is 22.0 Å². The van der Waals surface area contributed by atoms with Gasteiger partial charge in [0.15, 0.2) is 5.75 Å². The number of rotatable bonds is 3. The van der Waals surface area contributed by atoms with E-state index >= 15 is 0 Å². The van der Waals surface area contributed by atoms with E-state index in [1.807, 2.05) is 0 Å². The fraction of sp³-hybridized carbons (Fsp3) is 0.0909. The quantitative estimate of drug-likeness (QED) is 0.435. The molecule has 1 heterocycles. The molecule has 0 atom stereocenters. The summed E-state index contributed by atoms with van der Waals surface area (Å²) in [5.74, 6) is -11.5. The fourth-order valence-corrected chi connectivity index (χ4v) is 2.68. The van der Waals surface area contributed by atoms with E-state index in [0.717, 1.165) is 3.79 Å². The van der Waals surface area contributed by atoms with Gasteiger partial charge in [-0.15, -0.1) is 11.3 Å². The Hall–Kier alpha value is -1.15. The smallest absolute Gasteiger partial charge is 0.207 e. The van der Waals surface area contributed by atoms with E-state index in [2.05, 4.69) is 20.7 Å². The van der Waals surface area contributed by atoms with Crippen molar-refractivity contribution in [3.63, 3.8) is 0 Å². The van der Waals surface area contributed by atoms with Crippen LogP contribution in [-0.4, -0.2) is 0 Å². The molecule has 0 radical (unpaired) electrons. The van der Waals surface area contributed by atoms with Gasteiger partial charge < -0.3 is 4.74 Å². The molecule has 0 aliphatic carbocycles. The second kappa shape index (κ2) is 5.46. The van der Waals surface area contributed by atoms with Gasteiger partial charge in [-0.1, -0.05) is 0 Å². The maximum atomic E-state index is 13.3. The van der Waals surface area contributed by atoms with E-state index in [-0.39, 0.29) is 6.61 Å². The molecule has 0 unspecified atom stereocenters. The lowest BCUT2D eigenvalue weighted by atomic mass is 10.2. The van der Waals surface area contributed by atoms with Gasteiger partial charge in [-0.05, 0) is 28.1 Å². The highest BCUT2D eigenvalue weighted by atomic mass is 79.9. The van der Waals surface area contributed by atoms with Gasteiger partial charge in [0.2, 0.25) is 29.1 Å². The molecular formula is C11H4BrF5OS. The lowest BCUT2D eigenvalue weighted by Crippen LogP contribution is -2.06. The van der Waals surface area contributed by atoms with E-state index < -0.39 is 34.8 Å². The average molecular weight is 359 g/mol. The number of hydrogen-bond acceptors (Lipinski definition) is 2. The first-order chi connectivity index (χ1) is 8.91. The first-order valence-electron chi connectivity index (χ1n) is 4.80. The van der Waals surface area contributed by atoms with Crippen molar-refractivity contribution in [2.24, 2.45) is 0 Å². The third-order valence-corrected chi connectivity index (χ3v) is 3.75. The third-order valence-electron chi connectivity index (χ3n) is 2.16. The predicted molar refractivity (Wildman–Crippen MR) is 62.6 cm³/mol. The molecule has 2 rings (SSSR count). The van der Waals surface area contributed by atoms with Crippen LogP contribution < -0.4 is 4.74 Å². The van der Waals surface area contributed by atoms with Crippen molar-refractivity contribution in [3.05, 3.63) is 49.9 Å². The SMILES string of the molecule is Fc1c(F)c(F)c(OCc2ccc(Br)s2)c(F)c1F. The third kappa shape index (κ3) is 2.74. The van der Waals surface area contributed by atoms with Gasteiger partial charge >= 0.3 is 0 Å². The topological polar surface area (TPSA) is 9.23 Å². The van der Waals surface area contributed by atoms with Gasteiger partial charge in [0.25, 0.3) is 0 Å². The molecule has 8 heteroatoms. The zero-order chi connectivity index (χ0) is 14.2. The van der Waals surface area contributed by atoms with Crippen LogP contribution in [0.2, 0.25) is 0 Å². The molecule has 0 fully saturated rings. The van der Waals surface area contributed by atoms with Crippen molar-refractivity contribution in [1.82, 2.24) is 0 Å². The van der Waals surface area contributed by atoms with Crippen molar-refractivity contribution in [2.45, 2.75) is 6.61 Å². The molecule has 0 N–H and O–H groups in total. The van der Waals surface area contributed by atoms with E-state index in [4.69, 9.17) is 0 Å². The Morgan fingerprint density at radius 1 is 0.895 bits per heavy atom. The predicted octanol–water partition coefficient (Wildman–Crippen LogP) is 4.79. The summed E-state index contributed by atoms with van der Waals surface area (Å²) in [4.78, 5) is 0.566. The Balaban J connectivity index is 2.30. The Labute approximate surface area is 116 Å². The van der Waals surface area contributed by atoms with Gasteiger partial charge in [0, 0.05) is 4.88 Å². The minimum Gasteiger partial charge on any atom is -0.482 e. The van der Waals surface area contributed by atoms with Crippen molar-refractivity contribution in [3.8, 4) is 5.75 Å². The highest BCUT2D eigenvalue weighted by molar-refractivity contribution is 9.11.